The first-order chi connectivity index (χ1) is 9.85. The van der Waals surface area contributed by atoms with Gasteiger partial charge in [-0.05, 0) is 57.6 Å². The second kappa shape index (κ2) is 6.52. The molecule has 3 rings (SSSR count). The molecule has 0 radical (unpaired) electrons. The van der Waals surface area contributed by atoms with Crippen LogP contribution in [0.4, 0.5) is 0 Å². The van der Waals surface area contributed by atoms with Crippen LogP contribution in [-0.2, 0) is 6.54 Å². The van der Waals surface area contributed by atoms with Crippen LogP contribution in [0, 0.1) is 5.92 Å². The molecule has 0 spiro atoms. The van der Waals surface area contributed by atoms with E-state index in [4.69, 9.17) is 4.42 Å². The Morgan fingerprint density at radius 2 is 2.30 bits per heavy atom. The summed E-state index contributed by atoms with van der Waals surface area (Å²) < 4.78 is 5.39. The Morgan fingerprint density at radius 1 is 1.45 bits per heavy atom. The van der Waals surface area contributed by atoms with Crippen molar-refractivity contribution < 1.29 is 4.42 Å². The average molecular weight is 291 g/mol. The first-order valence-corrected chi connectivity index (χ1v) is 8.08. The number of aromatic nitrogens is 1. The van der Waals surface area contributed by atoms with Crippen molar-refractivity contribution >= 4 is 11.3 Å². The highest BCUT2D eigenvalue weighted by atomic mass is 32.1. The highest BCUT2D eigenvalue weighted by molar-refractivity contribution is 7.13. The van der Waals surface area contributed by atoms with Gasteiger partial charge in [0.05, 0.1) is 12.0 Å². The summed E-state index contributed by atoms with van der Waals surface area (Å²) in [5.41, 5.74) is 1.16. The summed E-state index contributed by atoms with van der Waals surface area (Å²) in [4.78, 5) is 7.18. The zero-order chi connectivity index (χ0) is 13.8. The number of likely N-dealkylation sites (tertiary alicyclic amines) is 1. The standard InChI is InChI=1S/C15H21N3OS/c1-16-9-12-4-6-18(7-5-12)10-13-11-20-15(17-13)14-3-2-8-19-14/h2-3,8,11-12,16H,4-7,9-10H2,1H3. The van der Waals surface area contributed by atoms with Gasteiger partial charge in [0.15, 0.2) is 10.8 Å². The minimum atomic E-state index is 0.838. The average Bonchev–Trinajstić information content (AvgIpc) is 3.12. The number of hydrogen-bond acceptors (Lipinski definition) is 5. The normalized spacial score (nSPS) is 17.6. The molecule has 0 atom stereocenters. The van der Waals surface area contributed by atoms with Gasteiger partial charge in [-0.15, -0.1) is 11.3 Å². The minimum absolute atomic E-state index is 0.838. The molecule has 5 heteroatoms. The number of piperidine rings is 1. The highest BCUT2D eigenvalue weighted by Crippen LogP contribution is 2.25. The number of rotatable bonds is 5. The maximum atomic E-state index is 5.39. The molecule has 0 unspecified atom stereocenters. The molecule has 4 nitrogen and oxygen atoms in total. The molecule has 1 saturated heterocycles. The van der Waals surface area contributed by atoms with E-state index >= 15 is 0 Å². The first-order valence-electron chi connectivity index (χ1n) is 7.20. The lowest BCUT2D eigenvalue weighted by atomic mass is 9.97. The molecular formula is C15H21N3OS. The molecule has 0 saturated carbocycles. The summed E-state index contributed by atoms with van der Waals surface area (Å²) >= 11 is 1.66. The topological polar surface area (TPSA) is 41.3 Å². The van der Waals surface area contributed by atoms with Crippen molar-refractivity contribution in [3.63, 3.8) is 0 Å². The van der Waals surface area contributed by atoms with Crippen LogP contribution in [0.5, 0.6) is 0 Å². The third-order valence-corrected chi connectivity index (χ3v) is 4.77. The predicted octanol–water partition coefficient (Wildman–Crippen LogP) is 2.83. The van der Waals surface area contributed by atoms with Gasteiger partial charge in [-0.1, -0.05) is 0 Å². The van der Waals surface area contributed by atoms with E-state index in [0.717, 1.165) is 35.5 Å². The Bertz CT molecular complexity index is 515. The number of hydrogen-bond donors (Lipinski definition) is 1. The molecule has 3 heterocycles. The van der Waals surface area contributed by atoms with Crippen LogP contribution < -0.4 is 5.32 Å². The van der Waals surface area contributed by atoms with Crippen molar-refractivity contribution in [3.8, 4) is 10.8 Å². The van der Waals surface area contributed by atoms with Gasteiger partial charge >= 0.3 is 0 Å². The van der Waals surface area contributed by atoms with Crippen LogP contribution in [-0.4, -0.2) is 36.6 Å². The molecule has 0 bridgehead atoms. The second-order valence-corrected chi connectivity index (χ2v) is 6.26. The summed E-state index contributed by atoms with van der Waals surface area (Å²) in [7, 11) is 2.04. The first kappa shape index (κ1) is 13.8. The van der Waals surface area contributed by atoms with Gasteiger partial charge in [0.2, 0.25) is 0 Å². The summed E-state index contributed by atoms with van der Waals surface area (Å²) in [5, 5.41) is 6.41. The maximum Gasteiger partial charge on any atom is 0.162 e. The van der Waals surface area contributed by atoms with Crippen LogP contribution in [0.2, 0.25) is 0 Å². The van der Waals surface area contributed by atoms with E-state index in [-0.39, 0.29) is 0 Å². The Morgan fingerprint density at radius 3 is 3.00 bits per heavy atom. The Kier molecular flexibility index (Phi) is 4.50. The van der Waals surface area contributed by atoms with Gasteiger partial charge < -0.3 is 9.73 Å². The maximum absolute atomic E-state index is 5.39. The van der Waals surface area contributed by atoms with Gasteiger partial charge in [-0.2, -0.15) is 0 Å². The largest absolute Gasteiger partial charge is 0.462 e. The van der Waals surface area contributed by atoms with Crippen LogP contribution in [0.1, 0.15) is 18.5 Å². The third kappa shape index (κ3) is 3.29. The number of furan rings is 1. The van der Waals surface area contributed by atoms with Crippen molar-refractivity contribution in [2.45, 2.75) is 19.4 Å². The zero-order valence-electron chi connectivity index (χ0n) is 11.8. The fourth-order valence-electron chi connectivity index (χ4n) is 2.76. The lowest BCUT2D eigenvalue weighted by Gasteiger charge is -2.31. The number of thiazole rings is 1. The molecule has 1 fully saturated rings. The van der Waals surface area contributed by atoms with E-state index in [1.807, 2.05) is 19.2 Å². The Hall–Kier alpha value is -1.17. The molecule has 0 aromatic carbocycles. The van der Waals surface area contributed by atoms with E-state index in [2.05, 4.69) is 20.6 Å². The molecule has 108 valence electrons. The monoisotopic (exact) mass is 291 g/mol. The van der Waals surface area contributed by atoms with Crippen molar-refractivity contribution in [2.24, 2.45) is 5.92 Å². The third-order valence-electron chi connectivity index (χ3n) is 3.87. The molecule has 0 amide bonds. The lowest BCUT2D eigenvalue weighted by molar-refractivity contribution is 0.175. The molecule has 0 aliphatic carbocycles. The minimum Gasteiger partial charge on any atom is -0.462 e. The molecule has 2 aromatic rings. The van der Waals surface area contributed by atoms with Gasteiger partial charge in [-0.3, -0.25) is 4.90 Å². The quantitative estimate of drug-likeness (QED) is 0.920. The summed E-state index contributed by atoms with van der Waals surface area (Å²) in [5.74, 6) is 1.71. The van der Waals surface area contributed by atoms with E-state index in [1.165, 1.54) is 25.9 Å². The van der Waals surface area contributed by atoms with E-state index in [0.29, 0.717) is 0 Å². The fraction of sp³-hybridized carbons (Fsp3) is 0.533. The van der Waals surface area contributed by atoms with Crippen molar-refractivity contribution in [1.29, 1.82) is 0 Å². The SMILES string of the molecule is CNCC1CCN(Cc2csc(-c3ccco3)n2)CC1. The van der Waals surface area contributed by atoms with Crippen LogP contribution in [0.15, 0.2) is 28.2 Å². The Labute approximate surface area is 123 Å². The van der Waals surface area contributed by atoms with Crippen LogP contribution in [0.25, 0.3) is 10.8 Å². The zero-order valence-corrected chi connectivity index (χ0v) is 12.7. The molecule has 20 heavy (non-hydrogen) atoms. The van der Waals surface area contributed by atoms with Gasteiger partial charge in [0.1, 0.15) is 0 Å². The van der Waals surface area contributed by atoms with Gasteiger partial charge in [-0.25, -0.2) is 4.98 Å². The van der Waals surface area contributed by atoms with Crippen molar-refractivity contribution in [2.75, 3.05) is 26.7 Å². The van der Waals surface area contributed by atoms with E-state index in [1.54, 1.807) is 17.6 Å². The molecule has 1 N–H and O–H groups in total. The van der Waals surface area contributed by atoms with E-state index in [9.17, 15) is 0 Å². The van der Waals surface area contributed by atoms with Crippen molar-refractivity contribution in [3.05, 3.63) is 29.5 Å². The molecule has 1 aliphatic rings. The van der Waals surface area contributed by atoms with Crippen LogP contribution >= 0.6 is 11.3 Å². The number of nitrogens with one attached hydrogen (secondary N) is 1. The lowest BCUT2D eigenvalue weighted by Crippen LogP contribution is -2.36. The smallest absolute Gasteiger partial charge is 0.162 e. The summed E-state index contributed by atoms with van der Waals surface area (Å²) in [6.45, 7) is 4.47. The van der Waals surface area contributed by atoms with E-state index < -0.39 is 0 Å². The predicted molar refractivity (Wildman–Crippen MR) is 81.7 cm³/mol. The number of nitrogens with zero attached hydrogens (tertiary/aromatic N) is 2. The summed E-state index contributed by atoms with van der Waals surface area (Å²) in [6.07, 6.45) is 4.27. The summed E-state index contributed by atoms with van der Waals surface area (Å²) in [6, 6.07) is 3.87. The highest BCUT2D eigenvalue weighted by Gasteiger charge is 2.19. The van der Waals surface area contributed by atoms with Gasteiger partial charge in [0.25, 0.3) is 0 Å². The molecule has 2 aromatic heterocycles. The second-order valence-electron chi connectivity index (χ2n) is 5.40. The molecule has 1 aliphatic heterocycles. The molecular weight excluding hydrogens is 270 g/mol. The van der Waals surface area contributed by atoms with Crippen LogP contribution in [0.3, 0.4) is 0 Å². The van der Waals surface area contributed by atoms with Gasteiger partial charge in [0, 0.05) is 11.9 Å². The van der Waals surface area contributed by atoms with Crippen molar-refractivity contribution in [1.82, 2.24) is 15.2 Å². The fourth-order valence-corrected chi connectivity index (χ4v) is 3.54. The Balaban J connectivity index is 1.54.